The molecule has 6 rings (SSSR count). The number of hydrogen-bond acceptors (Lipinski definition) is 5. The summed E-state index contributed by atoms with van der Waals surface area (Å²) in [5.41, 5.74) is 5.90. The second-order valence-electron chi connectivity index (χ2n) is 10.3. The molecular formula is C34H30O6. The number of carbonyl (C=O) groups is 2. The molecule has 6 heteroatoms. The molecule has 0 radical (unpaired) electrons. The summed E-state index contributed by atoms with van der Waals surface area (Å²) in [6, 6.07) is 30.9. The minimum absolute atomic E-state index is 0.0962. The molecule has 0 saturated heterocycles. The van der Waals surface area contributed by atoms with Crippen molar-refractivity contribution in [1.29, 1.82) is 0 Å². The molecule has 0 aliphatic heterocycles. The van der Waals surface area contributed by atoms with Gasteiger partial charge in [-0.1, -0.05) is 84.9 Å². The summed E-state index contributed by atoms with van der Waals surface area (Å²) < 4.78 is 17.3. The smallest absolute Gasteiger partial charge is 0.310 e. The summed E-state index contributed by atoms with van der Waals surface area (Å²) in [5.74, 6) is -3.25. The van der Waals surface area contributed by atoms with Crippen molar-refractivity contribution in [2.75, 3.05) is 20.8 Å². The number of hydrogen-bond donors (Lipinski definition) is 1. The monoisotopic (exact) mass is 534 g/mol. The van der Waals surface area contributed by atoms with Crippen LogP contribution in [0.2, 0.25) is 0 Å². The van der Waals surface area contributed by atoms with E-state index in [4.69, 9.17) is 14.2 Å². The van der Waals surface area contributed by atoms with Crippen molar-refractivity contribution >= 4 is 11.9 Å². The molecule has 1 N–H and O–H groups in total. The molecule has 4 aromatic rings. The molecule has 0 heterocycles. The largest absolute Gasteiger partial charge is 0.496 e. The number of benzene rings is 4. The Kier molecular flexibility index (Phi) is 6.76. The molecule has 0 bridgehead atoms. The Morgan fingerprint density at radius 2 is 1.05 bits per heavy atom. The predicted octanol–water partition coefficient (Wildman–Crippen LogP) is 6.26. The van der Waals surface area contributed by atoms with Gasteiger partial charge in [0.25, 0.3) is 0 Å². The van der Waals surface area contributed by atoms with Crippen LogP contribution in [0.25, 0.3) is 11.1 Å². The summed E-state index contributed by atoms with van der Waals surface area (Å²) in [4.78, 5) is 26.8. The van der Waals surface area contributed by atoms with E-state index in [1.165, 1.54) is 0 Å². The van der Waals surface area contributed by atoms with Crippen LogP contribution in [0.1, 0.15) is 40.0 Å². The zero-order chi connectivity index (χ0) is 27.8. The summed E-state index contributed by atoms with van der Waals surface area (Å²) in [6.07, 6.45) is 0. The number of aliphatic carboxylic acids is 1. The Balaban J connectivity index is 1.37. The number of esters is 1. The van der Waals surface area contributed by atoms with Gasteiger partial charge in [-0.05, 0) is 45.5 Å². The van der Waals surface area contributed by atoms with Crippen LogP contribution in [-0.2, 0) is 14.3 Å². The van der Waals surface area contributed by atoms with Crippen molar-refractivity contribution in [2.24, 2.45) is 11.8 Å². The molecular weight excluding hydrogens is 504 g/mol. The first-order chi connectivity index (χ1) is 19.5. The van der Waals surface area contributed by atoms with Crippen molar-refractivity contribution in [1.82, 2.24) is 0 Å². The van der Waals surface area contributed by atoms with Crippen LogP contribution < -0.4 is 9.47 Å². The van der Waals surface area contributed by atoms with Crippen LogP contribution >= 0.6 is 0 Å². The average Bonchev–Trinajstić information content (AvgIpc) is 3.29. The lowest BCUT2D eigenvalue weighted by Crippen LogP contribution is -2.51. The lowest BCUT2D eigenvalue weighted by molar-refractivity contribution is -0.164. The van der Waals surface area contributed by atoms with Gasteiger partial charge in [-0.15, -0.1) is 0 Å². The molecule has 1 fully saturated rings. The van der Waals surface area contributed by atoms with E-state index in [1.807, 2.05) is 60.7 Å². The fourth-order valence-corrected chi connectivity index (χ4v) is 6.71. The number of methoxy groups -OCH3 is 2. The van der Waals surface area contributed by atoms with Crippen LogP contribution in [0.5, 0.6) is 11.5 Å². The standard InChI is InChI=1S/C34H30O6/c1-38-27-17-9-7-15-24(27)29-31(33(35)36)30(25-16-8-10-18-28(25)39-2)32(29)34(37)40-19-26-22-13-5-3-11-20(22)21-12-4-6-14-23(21)26/h3-18,26,29-32H,19H2,1-2H3,(H,35,36)/t29-,30?,31?,32?/m0/s1. The second kappa shape index (κ2) is 10.5. The van der Waals surface area contributed by atoms with Gasteiger partial charge in [0.05, 0.1) is 26.1 Å². The number of carboxylic acid groups (broad SMARTS) is 1. The van der Waals surface area contributed by atoms with E-state index in [0.717, 1.165) is 22.3 Å². The number of fused-ring (bicyclic) bond motifs is 3. The van der Waals surface area contributed by atoms with Gasteiger partial charge in [-0.3, -0.25) is 9.59 Å². The third-order valence-corrected chi connectivity index (χ3v) is 8.46. The van der Waals surface area contributed by atoms with Gasteiger partial charge in [0.15, 0.2) is 0 Å². The minimum atomic E-state index is -0.977. The first-order valence-electron chi connectivity index (χ1n) is 13.4. The molecule has 3 unspecified atom stereocenters. The van der Waals surface area contributed by atoms with Crippen molar-refractivity contribution < 1.29 is 28.9 Å². The SMILES string of the molecule is COc1ccccc1C1C(C(=O)O)[C@H](c2ccccc2OC)C1C(=O)OCC1c2ccccc2-c2ccccc21. The predicted molar refractivity (Wildman–Crippen MR) is 151 cm³/mol. The maximum Gasteiger partial charge on any atom is 0.310 e. The summed E-state index contributed by atoms with van der Waals surface area (Å²) >= 11 is 0. The van der Waals surface area contributed by atoms with Gasteiger partial charge in [0.1, 0.15) is 18.1 Å². The number of rotatable bonds is 8. The molecule has 1 saturated carbocycles. The van der Waals surface area contributed by atoms with Crippen LogP contribution in [0.3, 0.4) is 0 Å². The Bertz CT molecular complexity index is 1480. The van der Waals surface area contributed by atoms with Gasteiger partial charge in [0, 0.05) is 17.8 Å². The molecule has 202 valence electrons. The highest BCUT2D eigenvalue weighted by atomic mass is 16.5. The van der Waals surface area contributed by atoms with E-state index < -0.39 is 35.6 Å². The molecule has 40 heavy (non-hydrogen) atoms. The number of carboxylic acids is 1. The van der Waals surface area contributed by atoms with Gasteiger partial charge in [-0.2, -0.15) is 0 Å². The van der Waals surface area contributed by atoms with E-state index in [2.05, 4.69) is 24.3 Å². The Hall–Kier alpha value is -4.58. The Morgan fingerprint density at radius 1 is 0.625 bits per heavy atom. The van der Waals surface area contributed by atoms with Gasteiger partial charge in [0.2, 0.25) is 0 Å². The minimum Gasteiger partial charge on any atom is -0.496 e. The van der Waals surface area contributed by atoms with E-state index in [0.29, 0.717) is 22.6 Å². The highest BCUT2D eigenvalue weighted by Crippen LogP contribution is 2.60. The van der Waals surface area contributed by atoms with Crippen molar-refractivity contribution in [3.8, 4) is 22.6 Å². The summed E-state index contributed by atoms with van der Waals surface area (Å²) in [7, 11) is 3.10. The zero-order valence-electron chi connectivity index (χ0n) is 22.3. The van der Waals surface area contributed by atoms with Crippen LogP contribution in [0.4, 0.5) is 0 Å². The maximum absolute atomic E-state index is 14.0. The number of carbonyl (C=O) groups excluding carboxylic acids is 1. The van der Waals surface area contributed by atoms with Crippen LogP contribution in [0, 0.1) is 11.8 Å². The van der Waals surface area contributed by atoms with Crippen LogP contribution in [0.15, 0.2) is 97.1 Å². The molecule has 4 aromatic carbocycles. The molecule has 2 aliphatic carbocycles. The topological polar surface area (TPSA) is 82.1 Å². The lowest BCUT2D eigenvalue weighted by Gasteiger charge is -2.49. The van der Waals surface area contributed by atoms with Crippen molar-refractivity contribution in [2.45, 2.75) is 17.8 Å². The highest BCUT2D eigenvalue weighted by molar-refractivity contribution is 5.85. The summed E-state index contributed by atoms with van der Waals surface area (Å²) in [5, 5.41) is 10.4. The van der Waals surface area contributed by atoms with Crippen LogP contribution in [-0.4, -0.2) is 37.9 Å². The van der Waals surface area contributed by atoms with E-state index >= 15 is 0 Å². The Morgan fingerprint density at radius 3 is 1.50 bits per heavy atom. The van der Waals surface area contributed by atoms with E-state index in [1.54, 1.807) is 26.4 Å². The fraction of sp³-hybridized carbons (Fsp3) is 0.235. The van der Waals surface area contributed by atoms with Crippen molar-refractivity contribution in [3.05, 3.63) is 119 Å². The first kappa shape index (κ1) is 25.7. The summed E-state index contributed by atoms with van der Waals surface area (Å²) in [6.45, 7) is 0.165. The van der Waals surface area contributed by atoms with Gasteiger partial charge in [-0.25, -0.2) is 0 Å². The molecule has 4 atom stereocenters. The first-order valence-corrected chi connectivity index (χ1v) is 13.4. The maximum atomic E-state index is 14.0. The second-order valence-corrected chi connectivity index (χ2v) is 10.3. The third-order valence-electron chi connectivity index (χ3n) is 8.46. The normalized spacial score (nSPS) is 21.1. The van der Waals surface area contributed by atoms with Gasteiger partial charge >= 0.3 is 11.9 Å². The van der Waals surface area contributed by atoms with E-state index in [-0.39, 0.29) is 12.5 Å². The fourth-order valence-electron chi connectivity index (χ4n) is 6.71. The lowest BCUT2D eigenvalue weighted by atomic mass is 9.52. The molecule has 2 aliphatic rings. The number of para-hydroxylation sites is 2. The van der Waals surface area contributed by atoms with E-state index in [9.17, 15) is 14.7 Å². The molecule has 0 spiro atoms. The Labute approximate surface area is 233 Å². The molecule has 6 nitrogen and oxygen atoms in total. The number of ether oxygens (including phenoxy) is 3. The highest BCUT2D eigenvalue weighted by Gasteiger charge is 2.60. The van der Waals surface area contributed by atoms with Gasteiger partial charge < -0.3 is 19.3 Å². The molecule has 0 aromatic heterocycles. The zero-order valence-corrected chi connectivity index (χ0v) is 22.3. The third kappa shape index (κ3) is 4.11. The molecule has 0 amide bonds. The van der Waals surface area contributed by atoms with Crippen molar-refractivity contribution in [3.63, 3.8) is 0 Å². The quantitative estimate of drug-likeness (QED) is 0.269. The average molecular weight is 535 g/mol.